The van der Waals surface area contributed by atoms with Crippen LogP contribution in [0.4, 0.5) is 5.69 Å². The second kappa shape index (κ2) is 10.3. The fraction of sp³-hybridized carbons (Fsp3) is 0.296. The van der Waals surface area contributed by atoms with Crippen LogP contribution in [0.5, 0.6) is 0 Å². The van der Waals surface area contributed by atoms with Crippen LogP contribution >= 0.6 is 23.2 Å². The predicted molar refractivity (Wildman–Crippen MR) is 140 cm³/mol. The highest BCUT2D eigenvalue weighted by atomic mass is 35.5. The zero-order valence-corrected chi connectivity index (χ0v) is 21.4. The van der Waals surface area contributed by atoms with Crippen molar-refractivity contribution in [3.05, 3.63) is 75.8 Å². The van der Waals surface area contributed by atoms with Gasteiger partial charge >= 0.3 is 0 Å². The van der Waals surface area contributed by atoms with Gasteiger partial charge in [0.2, 0.25) is 11.8 Å². The molecule has 35 heavy (non-hydrogen) atoms. The molecule has 8 heteroatoms. The molecule has 3 aromatic carbocycles. The van der Waals surface area contributed by atoms with E-state index in [0.29, 0.717) is 27.7 Å². The maximum absolute atomic E-state index is 13.8. The number of nitrogens with zero attached hydrogens (tertiary/aromatic N) is 2. The molecule has 0 spiro atoms. The highest BCUT2D eigenvalue weighted by Gasteiger charge is 2.35. The first kappa shape index (κ1) is 25.0. The van der Waals surface area contributed by atoms with E-state index in [4.69, 9.17) is 23.2 Å². The molecule has 1 aliphatic heterocycles. The molecule has 0 saturated heterocycles. The van der Waals surface area contributed by atoms with Gasteiger partial charge in [-0.1, -0.05) is 60.5 Å². The van der Waals surface area contributed by atoms with Gasteiger partial charge in [0.25, 0.3) is 5.91 Å². The molecule has 3 aromatic rings. The Bertz CT molecular complexity index is 1300. The number of rotatable bonds is 8. The Hall–Kier alpha value is -3.09. The van der Waals surface area contributed by atoms with Gasteiger partial charge in [0.1, 0.15) is 12.6 Å². The summed E-state index contributed by atoms with van der Waals surface area (Å²) >= 11 is 12.3. The zero-order valence-electron chi connectivity index (χ0n) is 19.8. The van der Waals surface area contributed by atoms with Crippen LogP contribution < -0.4 is 10.2 Å². The van der Waals surface area contributed by atoms with Gasteiger partial charge in [-0.2, -0.15) is 0 Å². The van der Waals surface area contributed by atoms with Gasteiger partial charge in [0.05, 0.1) is 15.7 Å². The Kier molecular flexibility index (Phi) is 7.33. The fourth-order valence-electron chi connectivity index (χ4n) is 4.50. The summed E-state index contributed by atoms with van der Waals surface area (Å²) in [5.74, 6) is -0.798. The highest BCUT2D eigenvalue weighted by Crippen LogP contribution is 2.37. The van der Waals surface area contributed by atoms with Gasteiger partial charge < -0.3 is 10.2 Å². The molecule has 1 heterocycles. The maximum Gasteiger partial charge on any atom is 0.259 e. The second-order valence-corrected chi connectivity index (χ2v) is 9.74. The molecule has 6 nitrogen and oxygen atoms in total. The first-order valence-electron chi connectivity index (χ1n) is 11.6. The SMILES string of the molecule is CC[C@@H](C(=O)NC(C)C)N(Cc1ccc(Cl)c(Cl)c1)C(=O)CN1C(=O)c2cccc3cccc1c23. The summed E-state index contributed by atoms with van der Waals surface area (Å²) in [6.45, 7) is 5.57. The van der Waals surface area contributed by atoms with Crippen molar-refractivity contribution >= 4 is 57.4 Å². The summed E-state index contributed by atoms with van der Waals surface area (Å²) in [7, 11) is 0. The number of anilines is 1. The molecule has 0 fully saturated rings. The number of halogens is 2. The monoisotopic (exact) mass is 511 g/mol. The lowest BCUT2D eigenvalue weighted by Crippen LogP contribution is -2.53. The molecule has 4 rings (SSSR count). The van der Waals surface area contributed by atoms with Gasteiger partial charge in [-0.05, 0) is 55.5 Å². The smallest absolute Gasteiger partial charge is 0.259 e. The number of carbonyl (C=O) groups is 3. The lowest BCUT2D eigenvalue weighted by atomic mass is 10.1. The van der Waals surface area contributed by atoms with E-state index in [1.54, 1.807) is 24.3 Å². The lowest BCUT2D eigenvalue weighted by molar-refractivity contribution is -0.140. The summed E-state index contributed by atoms with van der Waals surface area (Å²) in [6, 6.07) is 15.6. The standard InChI is InChI=1S/C27H27Cl2N3O3/c1-4-22(26(34)30-16(2)3)31(14-17-11-12-20(28)21(29)13-17)24(33)15-32-23-10-6-8-18-7-5-9-19(25(18)23)27(32)35/h5-13,16,22H,4,14-15H2,1-3H3,(H,30,34)/t22-/m0/s1. The van der Waals surface area contributed by atoms with Crippen molar-refractivity contribution in [3.63, 3.8) is 0 Å². The quantitative estimate of drug-likeness (QED) is 0.437. The summed E-state index contributed by atoms with van der Waals surface area (Å²) in [5, 5.41) is 5.47. The van der Waals surface area contributed by atoms with Crippen molar-refractivity contribution in [3.8, 4) is 0 Å². The van der Waals surface area contributed by atoms with E-state index in [-0.39, 0.29) is 36.9 Å². The molecule has 182 valence electrons. The molecular formula is C27H27Cl2N3O3. The Labute approximate surface area is 214 Å². The average Bonchev–Trinajstić information content (AvgIpc) is 3.08. The summed E-state index contributed by atoms with van der Waals surface area (Å²) in [4.78, 5) is 43.1. The molecule has 1 atom stereocenters. The molecule has 0 radical (unpaired) electrons. The molecule has 3 amide bonds. The number of amides is 3. The molecule has 1 aliphatic rings. The van der Waals surface area contributed by atoms with Crippen molar-refractivity contribution in [1.82, 2.24) is 10.2 Å². The van der Waals surface area contributed by atoms with Crippen LogP contribution in [0.25, 0.3) is 10.8 Å². The molecule has 0 saturated carbocycles. The topological polar surface area (TPSA) is 69.7 Å². The van der Waals surface area contributed by atoms with E-state index in [0.717, 1.165) is 16.3 Å². The average molecular weight is 512 g/mol. The largest absolute Gasteiger partial charge is 0.352 e. The normalized spacial score (nSPS) is 13.4. The van der Waals surface area contributed by atoms with E-state index < -0.39 is 6.04 Å². The van der Waals surface area contributed by atoms with Crippen LogP contribution in [-0.2, 0) is 16.1 Å². The molecule has 0 aliphatic carbocycles. The van der Waals surface area contributed by atoms with Crippen LogP contribution in [0.1, 0.15) is 43.1 Å². The molecule has 0 unspecified atom stereocenters. The lowest BCUT2D eigenvalue weighted by Gasteiger charge is -2.32. The Morgan fingerprint density at radius 2 is 1.74 bits per heavy atom. The van der Waals surface area contributed by atoms with Gasteiger partial charge in [-0.25, -0.2) is 0 Å². The first-order valence-corrected chi connectivity index (χ1v) is 12.3. The van der Waals surface area contributed by atoms with Crippen molar-refractivity contribution in [2.75, 3.05) is 11.4 Å². The summed E-state index contributed by atoms with van der Waals surface area (Å²) < 4.78 is 0. The van der Waals surface area contributed by atoms with Gasteiger partial charge in [0.15, 0.2) is 0 Å². The molecule has 1 N–H and O–H groups in total. The Morgan fingerprint density at radius 3 is 2.40 bits per heavy atom. The molecular weight excluding hydrogens is 485 g/mol. The van der Waals surface area contributed by atoms with Crippen LogP contribution in [0.15, 0.2) is 54.6 Å². The van der Waals surface area contributed by atoms with Gasteiger partial charge in [0, 0.05) is 23.5 Å². The maximum atomic E-state index is 13.8. The third-order valence-corrected chi connectivity index (χ3v) is 6.84. The third kappa shape index (κ3) is 5.00. The molecule has 0 bridgehead atoms. The number of hydrogen-bond acceptors (Lipinski definition) is 3. The van der Waals surface area contributed by atoms with Crippen LogP contribution in [-0.4, -0.2) is 41.2 Å². The van der Waals surface area contributed by atoms with Crippen LogP contribution in [0.3, 0.4) is 0 Å². The van der Waals surface area contributed by atoms with Crippen molar-refractivity contribution in [2.24, 2.45) is 0 Å². The van der Waals surface area contributed by atoms with Gasteiger partial charge in [-0.3, -0.25) is 19.3 Å². The first-order chi connectivity index (χ1) is 16.7. The van der Waals surface area contributed by atoms with Gasteiger partial charge in [-0.15, -0.1) is 0 Å². The highest BCUT2D eigenvalue weighted by molar-refractivity contribution is 6.42. The minimum absolute atomic E-state index is 0.0780. The number of carbonyl (C=O) groups excluding carboxylic acids is 3. The van der Waals surface area contributed by atoms with Crippen molar-refractivity contribution in [2.45, 2.75) is 45.8 Å². The zero-order chi connectivity index (χ0) is 25.3. The predicted octanol–water partition coefficient (Wildman–Crippen LogP) is 5.44. The van der Waals surface area contributed by atoms with Crippen molar-refractivity contribution < 1.29 is 14.4 Å². The fourth-order valence-corrected chi connectivity index (χ4v) is 4.82. The minimum Gasteiger partial charge on any atom is -0.352 e. The van der Waals surface area contributed by atoms with E-state index >= 15 is 0 Å². The number of nitrogens with one attached hydrogen (secondary N) is 1. The summed E-state index contributed by atoms with van der Waals surface area (Å²) in [6.07, 6.45) is 0.412. The van der Waals surface area contributed by atoms with Crippen molar-refractivity contribution in [1.29, 1.82) is 0 Å². The van der Waals surface area contributed by atoms with Crippen LogP contribution in [0, 0.1) is 0 Å². The van der Waals surface area contributed by atoms with E-state index in [1.807, 2.05) is 51.1 Å². The second-order valence-electron chi connectivity index (χ2n) is 8.93. The molecule has 0 aromatic heterocycles. The van der Waals surface area contributed by atoms with E-state index in [2.05, 4.69) is 5.32 Å². The van der Waals surface area contributed by atoms with E-state index in [1.165, 1.54) is 9.80 Å². The Morgan fingerprint density at radius 1 is 1.03 bits per heavy atom. The Balaban J connectivity index is 1.67. The van der Waals surface area contributed by atoms with E-state index in [9.17, 15) is 14.4 Å². The summed E-state index contributed by atoms with van der Waals surface area (Å²) in [5.41, 5.74) is 2.01. The number of hydrogen-bond donors (Lipinski definition) is 1. The van der Waals surface area contributed by atoms with Crippen LogP contribution in [0.2, 0.25) is 10.0 Å². The minimum atomic E-state index is -0.713. The number of benzene rings is 3. The third-order valence-electron chi connectivity index (χ3n) is 6.10.